The van der Waals surface area contributed by atoms with Crippen LogP contribution in [0.5, 0.6) is 0 Å². The maximum atomic E-state index is 14.3. The van der Waals surface area contributed by atoms with Crippen LogP contribution in [0.15, 0.2) is 71.9 Å². The molecule has 7 aliphatic heterocycles. The van der Waals surface area contributed by atoms with E-state index in [0.717, 1.165) is 54.4 Å². The number of carbonyl (C=O) groups is 12. The molecular formula is C91H127Cl2N7O24S3. The van der Waals surface area contributed by atoms with E-state index >= 15 is 0 Å². The Morgan fingerprint density at radius 2 is 1.06 bits per heavy atom. The number of hydrogen-bond acceptors (Lipinski definition) is 27. The first kappa shape index (κ1) is 103. The van der Waals surface area contributed by atoms with Crippen molar-refractivity contribution in [1.82, 2.24) is 25.3 Å². The monoisotopic (exact) mass is 1870 g/mol. The van der Waals surface area contributed by atoms with Crippen molar-refractivity contribution >= 4 is 139 Å². The lowest BCUT2D eigenvalue weighted by Gasteiger charge is -2.42. The lowest BCUT2D eigenvalue weighted by molar-refractivity contribution is -0.162. The standard InChI is InChI=1S/C49H67ClN4O13S.C42H60ClN3O11S2/c1-8-36(57)32-14-12-30(13-15-32)24-54-42(60)21-38(45(54)61)68-17-16-40(58)52(6)29(4)46(62)66-39-22-41(59)53(7)35-20-31(19-33(25-55)43(35)50)18-27(2)10-9-11-34(26-56)49(64)23-37(65-47(63)51-49)28(3)44-48(39,5)67-44;1-9-31(49)14-13-25(3)59-58-16-15-35(50)45(7)27(5)39(52)56-34-20-36(51)46(8)32-19-28(18-29(22-47)37(32)43)17-24(2)11-10-12-30(23-48)42(54)21-33(55-40(53)44-42)26(4)38-41(34,6)57-38/h9-11,19-20,28-30,32,34,37-39,44,55-56,64H,8,12-18,21-26H2,1-7H3,(H,51,63);10-12,18-19,25-27,30,33-34,38,47-48,54H,9,13-17,20-23H2,1-8H3,(H,44,53)/b11-9+,27-10+;12-10+,24-11+/t28-,29+,30?,32?,34+,37+,38?,39+,44+,48+,49+;25?,26-,27+,30+,33+,34+,38+,41+,42+/m11/s1. The number of nitrogens with one attached hydrogen (secondary N) is 2. The van der Waals surface area contributed by atoms with Gasteiger partial charge in [-0.15, -0.1) is 11.8 Å². The number of nitrogens with zero attached hydrogens (tertiary/aromatic N) is 5. The smallest absolute Gasteiger partial charge is 0.409 e. The molecule has 1 aliphatic carbocycles. The number of likely N-dealkylation sites (tertiary alicyclic amines) is 1. The molecule has 18 atom stereocenters. The Morgan fingerprint density at radius 3 is 1.48 bits per heavy atom. The zero-order valence-corrected chi connectivity index (χ0v) is 79.2. The molecule has 31 nitrogen and oxygen atoms in total. The third kappa shape index (κ3) is 25.7. The van der Waals surface area contributed by atoms with Gasteiger partial charge < -0.3 is 78.7 Å². The summed E-state index contributed by atoms with van der Waals surface area (Å²) < 4.78 is 36.1. The second kappa shape index (κ2) is 45.1. The normalized spacial score (nSPS) is 31.4. The molecule has 10 rings (SSSR count). The number of Topliss-reactive ketones (excluding diaryl/α,β-unsaturated/α-hetero) is 2. The molecule has 8 N–H and O–H groups in total. The van der Waals surface area contributed by atoms with E-state index in [2.05, 4.69) is 10.6 Å². The van der Waals surface area contributed by atoms with Gasteiger partial charge in [-0.25, -0.2) is 19.2 Å². The number of ether oxygens (including phenoxy) is 6. The van der Waals surface area contributed by atoms with Crippen LogP contribution < -0.4 is 20.4 Å². The number of anilines is 2. The number of fused-ring (bicyclic) bond motifs is 10. The number of allylic oxidation sites excluding steroid dienone is 6. The Morgan fingerprint density at radius 1 is 0.622 bits per heavy atom. The summed E-state index contributed by atoms with van der Waals surface area (Å²) in [5.41, 5.74) is -1.75. The Balaban J connectivity index is 0.000000290. The molecule has 1 saturated carbocycles. The van der Waals surface area contributed by atoms with Crippen molar-refractivity contribution in [2.45, 2.75) is 280 Å². The number of ketones is 2. The van der Waals surface area contributed by atoms with Gasteiger partial charge in [0, 0.05) is 132 Å². The third-order valence-electron chi connectivity index (χ3n) is 26.2. The molecule has 8 aliphatic rings. The highest BCUT2D eigenvalue weighted by Crippen LogP contribution is 2.52. The molecule has 702 valence electrons. The lowest BCUT2D eigenvalue weighted by Crippen LogP contribution is -2.62. The van der Waals surface area contributed by atoms with E-state index in [1.54, 1.807) is 113 Å². The summed E-state index contributed by atoms with van der Waals surface area (Å²) in [5.74, 6) is -5.45. The van der Waals surface area contributed by atoms with Crippen molar-refractivity contribution in [3.8, 4) is 0 Å². The number of aliphatic hydroxyl groups excluding tert-OH is 4. The predicted octanol–water partition coefficient (Wildman–Crippen LogP) is 10.1. The number of amides is 8. The van der Waals surface area contributed by atoms with Crippen molar-refractivity contribution in [2.75, 3.05) is 69.3 Å². The van der Waals surface area contributed by atoms with E-state index in [1.807, 2.05) is 34.6 Å². The number of carbonyl (C=O) groups excluding carboxylic acids is 12. The molecule has 5 saturated heterocycles. The van der Waals surface area contributed by atoms with Crippen LogP contribution in [0.1, 0.15) is 195 Å². The van der Waals surface area contributed by atoms with Crippen LogP contribution in [-0.2, 0) is 102 Å². The molecule has 36 heteroatoms. The van der Waals surface area contributed by atoms with Crippen molar-refractivity contribution in [3.05, 3.63) is 104 Å². The summed E-state index contributed by atoms with van der Waals surface area (Å²) in [6.07, 6.45) is 7.97. The summed E-state index contributed by atoms with van der Waals surface area (Å²) in [5, 5.41) is 69.6. The number of benzene rings is 2. The number of esters is 2. The molecular weight excluding hydrogens is 1740 g/mol. The highest BCUT2D eigenvalue weighted by atomic mass is 35.5. The van der Waals surface area contributed by atoms with Gasteiger partial charge in [0.25, 0.3) is 0 Å². The molecule has 0 radical (unpaired) electrons. The number of imide groups is 1. The summed E-state index contributed by atoms with van der Waals surface area (Å²) in [6.45, 7) is 17.9. The average molecular weight is 1870 g/mol. The van der Waals surface area contributed by atoms with Crippen LogP contribution in [-0.4, -0.2) is 258 Å². The predicted molar refractivity (Wildman–Crippen MR) is 482 cm³/mol. The second-order valence-electron chi connectivity index (χ2n) is 35.4. The van der Waals surface area contributed by atoms with Gasteiger partial charge in [-0.05, 0) is 127 Å². The van der Waals surface area contributed by atoms with Crippen LogP contribution in [0, 0.1) is 35.5 Å². The van der Waals surface area contributed by atoms with Gasteiger partial charge in [0.2, 0.25) is 35.4 Å². The molecule has 127 heavy (non-hydrogen) atoms. The van der Waals surface area contributed by atoms with Crippen molar-refractivity contribution in [1.29, 1.82) is 0 Å². The van der Waals surface area contributed by atoms with Gasteiger partial charge in [-0.2, -0.15) is 0 Å². The molecule has 2 aromatic carbocycles. The Hall–Kier alpha value is -7.45. The van der Waals surface area contributed by atoms with Gasteiger partial charge in [-0.1, -0.05) is 139 Å². The number of likely N-dealkylation sites (N-methyl/N-ethyl adjacent to an activating group) is 2. The Kier molecular flexibility index (Phi) is 36.7. The summed E-state index contributed by atoms with van der Waals surface area (Å²) in [7, 11) is 9.18. The average Bonchev–Trinajstić information content (AvgIpc) is 1.57. The van der Waals surface area contributed by atoms with Crippen LogP contribution in [0.2, 0.25) is 10.0 Å². The van der Waals surface area contributed by atoms with Crippen molar-refractivity contribution < 1.29 is 117 Å². The zero-order chi connectivity index (χ0) is 93.6. The molecule has 8 amide bonds. The maximum absolute atomic E-state index is 14.3. The van der Waals surface area contributed by atoms with Gasteiger partial charge in [0.05, 0.1) is 78.1 Å². The topological polar surface area (TPSA) is 428 Å². The molecule has 2 aromatic rings. The fraction of sp³-hybridized carbons (Fsp3) is 0.648. The lowest BCUT2D eigenvalue weighted by atomic mass is 9.79. The Labute approximate surface area is 765 Å². The summed E-state index contributed by atoms with van der Waals surface area (Å²) in [6, 6.07) is 4.79. The minimum atomic E-state index is -1.91. The number of rotatable bonds is 27. The largest absolute Gasteiger partial charge is 0.457 e. The van der Waals surface area contributed by atoms with Crippen LogP contribution in [0.25, 0.3) is 0 Å². The maximum Gasteiger partial charge on any atom is 0.409 e. The van der Waals surface area contributed by atoms with E-state index in [1.165, 1.54) is 75.1 Å². The molecule has 6 fully saturated rings. The number of aliphatic hydroxyl groups is 6. The van der Waals surface area contributed by atoms with E-state index in [-0.39, 0.29) is 107 Å². The number of hydrogen-bond donors (Lipinski definition) is 8. The van der Waals surface area contributed by atoms with Gasteiger partial charge >= 0.3 is 24.1 Å². The Bertz CT molecular complexity index is 4510. The number of halogens is 2. The van der Waals surface area contributed by atoms with Crippen molar-refractivity contribution in [2.24, 2.45) is 35.5 Å². The first-order valence-corrected chi connectivity index (χ1v) is 47.9. The minimum absolute atomic E-state index is 0.0361. The van der Waals surface area contributed by atoms with Crippen LogP contribution in [0.3, 0.4) is 0 Å². The second-order valence-corrected chi connectivity index (χ2v) is 40.4. The molecule has 2 unspecified atom stereocenters. The summed E-state index contributed by atoms with van der Waals surface area (Å²) in [4.78, 5) is 166. The van der Waals surface area contributed by atoms with E-state index in [9.17, 15) is 88.2 Å². The van der Waals surface area contributed by atoms with Crippen molar-refractivity contribution in [3.63, 3.8) is 0 Å². The van der Waals surface area contributed by atoms with Crippen LogP contribution in [0.4, 0.5) is 21.0 Å². The zero-order valence-electron chi connectivity index (χ0n) is 75.2. The first-order chi connectivity index (χ1) is 59.9. The SMILES string of the molecule is CCC(=O)C1CCC(CN2C(=O)CC(SCCC(=O)N(C)[C@@H](C)C(=O)O[C@H]3CC(=O)N(C)c4cc(cc(CO)c4Cl)C/C(C)=C/C=C/[C@@H](CO)[C@@]4(O)C[C@H](OC(=O)N4)[C@@H](C)[C@@H]4O[C@@]34C)C2=O)CC1.CCC(=O)CCC(C)SSCCC(=O)N(C)[C@@H](C)C(=O)O[C@H]1CC(=O)N(C)c2cc(cc(CO)c2Cl)C/C(C)=C/C=C/[C@@H](CO)[C@@]2(O)C[C@H](OC(=O)N2)[C@@H](C)[C@@H]2O[C@@]12C. The fourth-order valence-corrected chi connectivity index (χ4v) is 21.3. The molecule has 0 aromatic heterocycles. The van der Waals surface area contributed by atoms with Crippen LogP contribution >= 0.6 is 56.6 Å². The van der Waals surface area contributed by atoms with Gasteiger partial charge in [-0.3, -0.25) is 53.9 Å². The van der Waals surface area contributed by atoms with E-state index in [0.29, 0.717) is 66.9 Å². The van der Waals surface area contributed by atoms with E-state index < -0.39 is 168 Å². The highest BCUT2D eigenvalue weighted by molar-refractivity contribution is 8.76. The number of alkyl carbamates (subject to hydrolysis) is 2. The summed E-state index contributed by atoms with van der Waals surface area (Å²) >= 11 is 14.7. The number of thioether (sulfide) groups is 1. The first-order valence-electron chi connectivity index (χ1n) is 43.7. The molecule has 0 spiro atoms. The fourth-order valence-electron chi connectivity index (χ4n) is 17.3. The minimum Gasteiger partial charge on any atom is -0.457 e. The number of epoxide rings is 2. The molecule has 8 bridgehead atoms. The van der Waals surface area contributed by atoms with E-state index in [4.69, 9.17) is 51.6 Å². The quantitative estimate of drug-likeness (QED) is 0.0103. The highest BCUT2D eigenvalue weighted by Gasteiger charge is 2.66. The van der Waals surface area contributed by atoms with Gasteiger partial charge in [0.15, 0.2) is 11.4 Å². The third-order valence-corrected chi connectivity index (χ3v) is 31.3. The van der Waals surface area contributed by atoms with Gasteiger partial charge in [0.1, 0.15) is 59.3 Å². The molecule has 7 heterocycles.